The van der Waals surface area contributed by atoms with Gasteiger partial charge in [-0.15, -0.1) is 5.10 Å². The summed E-state index contributed by atoms with van der Waals surface area (Å²) in [4.78, 5) is 9.67. The monoisotopic (exact) mass is 412 g/mol. The van der Waals surface area contributed by atoms with Gasteiger partial charge in [0.15, 0.2) is 11.5 Å². The zero-order valence-electron chi connectivity index (χ0n) is 16.1. The molecule has 6 aromatic rings. The molecule has 0 N–H and O–H groups in total. The van der Waals surface area contributed by atoms with E-state index in [0.717, 1.165) is 39.2 Å². The lowest BCUT2D eigenvalue weighted by Gasteiger charge is -2.05. The predicted octanol–water partition coefficient (Wildman–Crippen LogP) is 4.64. The maximum atomic E-state index is 14.1. The molecule has 0 fully saturated rings. The Morgan fingerprint density at radius 2 is 1.61 bits per heavy atom. The molecular weight excluding hydrogens is 398 g/mol. The van der Waals surface area contributed by atoms with E-state index in [1.807, 2.05) is 53.1 Å². The Hall–Kier alpha value is -4.20. The fourth-order valence-corrected chi connectivity index (χ4v) is 3.86. The molecule has 0 spiro atoms. The van der Waals surface area contributed by atoms with Crippen LogP contribution in [-0.2, 0) is 6.54 Å². The van der Waals surface area contributed by atoms with Crippen LogP contribution in [0.2, 0.25) is 0 Å². The number of benzene rings is 3. The summed E-state index contributed by atoms with van der Waals surface area (Å²) in [5, 5.41) is 9.21. The topological polar surface area (TPSA) is 61.4 Å². The molecule has 0 saturated carbocycles. The Morgan fingerprint density at radius 1 is 0.839 bits per heavy atom. The molecule has 0 radical (unpaired) electrons. The van der Waals surface area contributed by atoms with E-state index in [2.05, 4.69) is 10.3 Å². The first-order chi connectivity index (χ1) is 15.2. The number of halogens is 2. The molecule has 150 valence electrons. The lowest BCUT2D eigenvalue weighted by atomic mass is 10.2. The van der Waals surface area contributed by atoms with Gasteiger partial charge < -0.3 is 4.57 Å². The maximum absolute atomic E-state index is 14.1. The van der Waals surface area contributed by atoms with Gasteiger partial charge in [0.2, 0.25) is 0 Å². The summed E-state index contributed by atoms with van der Waals surface area (Å²) in [6, 6.07) is 19.0. The van der Waals surface area contributed by atoms with E-state index in [9.17, 15) is 8.78 Å². The average molecular weight is 412 g/mol. The van der Waals surface area contributed by atoms with Crippen LogP contribution < -0.4 is 0 Å². The summed E-state index contributed by atoms with van der Waals surface area (Å²) in [6.45, 7) is 0.375. The van der Waals surface area contributed by atoms with Crippen molar-refractivity contribution >= 4 is 33.1 Å². The number of para-hydroxylation sites is 3. The van der Waals surface area contributed by atoms with E-state index in [0.29, 0.717) is 12.2 Å². The first-order valence-electron chi connectivity index (χ1n) is 9.68. The van der Waals surface area contributed by atoms with Crippen molar-refractivity contribution in [1.29, 1.82) is 0 Å². The third-order valence-electron chi connectivity index (χ3n) is 5.28. The van der Waals surface area contributed by atoms with E-state index in [4.69, 9.17) is 9.97 Å². The molecule has 6 rings (SSSR count). The van der Waals surface area contributed by atoms with Crippen LogP contribution in [0, 0.1) is 11.6 Å². The Morgan fingerprint density at radius 3 is 2.45 bits per heavy atom. The minimum Gasteiger partial charge on any atom is -0.318 e. The van der Waals surface area contributed by atoms with E-state index < -0.39 is 11.6 Å². The van der Waals surface area contributed by atoms with Gasteiger partial charge in [-0.05, 0) is 30.3 Å². The van der Waals surface area contributed by atoms with E-state index in [1.165, 1.54) is 16.8 Å². The summed E-state index contributed by atoms with van der Waals surface area (Å²) in [7, 11) is 0. The lowest BCUT2D eigenvalue weighted by Crippen LogP contribution is -2.02. The van der Waals surface area contributed by atoms with E-state index in [-0.39, 0.29) is 5.69 Å². The molecule has 3 heterocycles. The van der Waals surface area contributed by atoms with Crippen molar-refractivity contribution < 1.29 is 8.78 Å². The van der Waals surface area contributed by atoms with E-state index in [1.54, 1.807) is 6.20 Å². The minimum atomic E-state index is -0.703. The van der Waals surface area contributed by atoms with Gasteiger partial charge in [0, 0.05) is 11.5 Å². The van der Waals surface area contributed by atoms with Crippen LogP contribution in [0.15, 0.2) is 72.9 Å². The Kier molecular flexibility index (Phi) is 3.79. The second kappa shape index (κ2) is 6.66. The highest BCUT2D eigenvalue weighted by Gasteiger charge is 2.16. The Balaban J connectivity index is 1.50. The van der Waals surface area contributed by atoms with Crippen LogP contribution in [0.5, 0.6) is 0 Å². The molecule has 0 atom stereocenters. The van der Waals surface area contributed by atoms with Crippen molar-refractivity contribution in [3.63, 3.8) is 0 Å². The van der Waals surface area contributed by atoms with Crippen molar-refractivity contribution in [3.8, 4) is 5.69 Å². The summed E-state index contributed by atoms with van der Waals surface area (Å²) >= 11 is 0. The van der Waals surface area contributed by atoms with Gasteiger partial charge in [-0.1, -0.05) is 35.5 Å². The van der Waals surface area contributed by atoms with Gasteiger partial charge in [0.05, 0.1) is 29.3 Å². The molecule has 3 aromatic carbocycles. The number of rotatable bonds is 3. The second-order valence-corrected chi connectivity index (χ2v) is 7.24. The van der Waals surface area contributed by atoms with Crippen molar-refractivity contribution in [3.05, 3.63) is 90.3 Å². The zero-order valence-corrected chi connectivity index (χ0v) is 16.1. The smallest absolute Gasteiger partial charge is 0.160 e. The van der Waals surface area contributed by atoms with Crippen LogP contribution in [-0.4, -0.2) is 29.5 Å². The van der Waals surface area contributed by atoms with Crippen LogP contribution >= 0.6 is 0 Å². The van der Waals surface area contributed by atoms with Gasteiger partial charge in [0.25, 0.3) is 0 Å². The number of hydrogen-bond donors (Lipinski definition) is 0. The highest BCUT2D eigenvalue weighted by molar-refractivity contribution is 6.06. The summed E-state index contributed by atoms with van der Waals surface area (Å²) < 4.78 is 30.7. The molecule has 0 amide bonds. The van der Waals surface area contributed by atoms with Gasteiger partial charge in [-0.25, -0.2) is 23.4 Å². The zero-order chi connectivity index (χ0) is 20.9. The lowest BCUT2D eigenvalue weighted by molar-refractivity contribution is 0.572. The third kappa shape index (κ3) is 2.83. The standard InChI is InChI=1S/C23H14F2N6/c24-14-9-10-21(17(25)11-14)31-13-15(28-29-31)12-30-20-8-4-1-5-16(20)22-23(30)27-19-7-3-2-6-18(19)26-22/h1-11,13H,12H2. The fourth-order valence-electron chi connectivity index (χ4n) is 3.86. The maximum Gasteiger partial charge on any atom is 0.160 e. The number of fused-ring (bicyclic) bond motifs is 4. The van der Waals surface area contributed by atoms with Crippen molar-refractivity contribution in [2.24, 2.45) is 0 Å². The normalized spacial score (nSPS) is 11.7. The first-order valence-corrected chi connectivity index (χ1v) is 9.68. The quantitative estimate of drug-likeness (QED) is 0.425. The van der Waals surface area contributed by atoms with Crippen LogP contribution in [0.25, 0.3) is 38.8 Å². The predicted molar refractivity (Wildman–Crippen MR) is 113 cm³/mol. The van der Waals surface area contributed by atoms with E-state index >= 15 is 0 Å². The van der Waals surface area contributed by atoms with Crippen LogP contribution in [0.4, 0.5) is 8.78 Å². The fraction of sp³-hybridized carbons (Fsp3) is 0.0435. The molecule has 0 bridgehead atoms. The first kappa shape index (κ1) is 17.6. The summed E-state index contributed by atoms with van der Waals surface area (Å²) in [6.07, 6.45) is 1.63. The molecular formula is C23H14F2N6. The van der Waals surface area contributed by atoms with Crippen molar-refractivity contribution in [1.82, 2.24) is 29.5 Å². The number of aromatic nitrogens is 6. The van der Waals surface area contributed by atoms with Crippen LogP contribution in [0.1, 0.15) is 5.69 Å². The molecule has 0 aliphatic rings. The van der Waals surface area contributed by atoms with Crippen LogP contribution in [0.3, 0.4) is 0 Å². The summed E-state index contributed by atoms with van der Waals surface area (Å²) in [5.74, 6) is -1.34. The largest absolute Gasteiger partial charge is 0.318 e. The Labute approximate surface area is 174 Å². The highest BCUT2D eigenvalue weighted by Crippen LogP contribution is 2.28. The molecule has 0 aliphatic heterocycles. The van der Waals surface area contributed by atoms with Crippen molar-refractivity contribution in [2.45, 2.75) is 6.54 Å². The molecule has 8 heteroatoms. The van der Waals surface area contributed by atoms with Gasteiger partial charge >= 0.3 is 0 Å². The average Bonchev–Trinajstić information content (AvgIpc) is 3.36. The number of hydrogen-bond acceptors (Lipinski definition) is 4. The molecule has 31 heavy (non-hydrogen) atoms. The molecule has 6 nitrogen and oxygen atoms in total. The van der Waals surface area contributed by atoms with Gasteiger partial charge in [-0.3, -0.25) is 0 Å². The SMILES string of the molecule is Fc1ccc(-n2cc(Cn3c4ccccc4c4nc5ccccc5nc43)nn2)c(F)c1. The minimum absolute atomic E-state index is 0.133. The van der Waals surface area contributed by atoms with Gasteiger partial charge in [-0.2, -0.15) is 0 Å². The van der Waals surface area contributed by atoms with Crippen molar-refractivity contribution in [2.75, 3.05) is 0 Å². The number of nitrogens with zero attached hydrogens (tertiary/aromatic N) is 6. The highest BCUT2D eigenvalue weighted by atomic mass is 19.1. The molecule has 0 saturated heterocycles. The van der Waals surface area contributed by atoms with Gasteiger partial charge in [0.1, 0.15) is 22.7 Å². The molecule has 0 aliphatic carbocycles. The molecule has 0 unspecified atom stereocenters. The third-order valence-corrected chi connectivity index (χ3v) is 5.28. The summed E-state index contributed by atoms with van der Waals surface area (Å²) in [5.41, 5.74) is 4.89. The Bertz CT molecular complexity index is 1600. The molecule has 3 aromatic heterocycles. The second-order valence-electron chi connectivity index (χ2n) is 7.24.